The lowest BCUT2D eigenvalue weighted by molar-refractivity contribution is 0.0515. The minimum atomic E-state index is -0.467. The van der Waals surface area contributed by atoms with Crippen LogP contribution in [0.25, 0.3) is 0 Å². The maximum atomic E-state index is 11.8. The van der Waals surface area contributed by atoms with Crippen molar-refractivity contribution in [2.24, 2.45) is 5.16 Å². The summed E-state index contributed by atoms with van der Waals surface area (Å²) in [4.78, 5) is 16.8. The first-order valence-corrected chi connectivity index (χ1v) is 6.69. The second-order valence-corrected chi connectivity index (χ2v) is 5.10. The topological polar surface area (TPSA) is 38.7 Å². The van der Waals surface area contributed by atoms with Crippen LogP contribution in [-0.2, 0) is 17.7 Å². The van der Waals surface area contributed by atoms with Crippen LogP contribution in [0.15, 0.2) is 53.7 Å². The minimum absolute atomic E-state index is 0.439. The summed E-state index contributed by atoms with van der Waals surface area (Å²) in [7, 11) is 0. The highest BCUT2D eigenvalue weighted by Crippen LogP contribution is 2.20. The van der Waals surface area contributed by atoms with E-state index in [4.69, 9.17) is 16.4 Å². The van der Waals surface area contributed by atoms with Gasteiger partial charge in [0.2, 0.25) is 0 Å². The molecule has 20 heavy (non-hydrogen) atoms. The van der Waals surface area contributed by atoms with Crippen molar-refractivity contribution in [2.45, 2.75) is 12.8 Å². The Morgan fingerprint density at radius 1 is 1.00 bits per heavy atom. The van der Waals surface area contributed by atoms with Gasteiger partial charge < -0.3 is 4.84 Å². The molecule has 0 bridgehead atoms. The van der Waals surface area contributed by atoms with Crippen LogP contribution in [0, 0.1) is 0 Å². The summed E-state index contributed by atoms with van der Waals surface area (Å²) in [6.07, 6.45) is 1.48. The molecule has 0 spiro atoms. The number of carbonyl (C=O) groups excluding carboxylic acids is 1. The summed E-state index contributed by atoms with van der Waals surface area (Å²) in [5.41, 5.74) is 3.80. The van der Waals surface area contributed by atoms with E-state index in [2.05, 4.69) is 17.3 Å². The normalized spacial score (nSPS) is 12.9. The molecule has 0 aliphatic heterocycles. The van der Waals surface area contributed by atoms with Gasteiger partial charge >= 0.3 is 5.97 Å². The van der Waals surface area contributed by atoms with Crippen LogP contribution >= 0.6 is 11.6 Å². The molecule has 1 aliphatic carbocycles. The molecule has 0 saturated carbocycles. The first-order chi connectivity index (χ1) is 9.72. The van der Waals surface area contributed by atoms with Gasteiger partial charge in [-0.05, 0) is 35.4 Å². The van der Waals surface area contributed by atoms with Crippen molar-refractivity contribution in [1.29, 1.82) is 0 Å². The second kappa shape index (κ2) is 5.47. The van der Waals surface area contributed by atoms with Gasteiger partial charge in [-0.25, -0.2) is 4.79 Å². The summed E-state index contributed by atoms with van der Waals surface area (Å²) in [5.74, 6) is -0.467. The lowest BCUT2D eigenvalue weighted by atomic mass is 10.1. The minimum Gasteiger partial charge on any atom is -0.313 e. The zero-order valence-electron chi connectivity index (χ0n) is 10.7. The van der Waals surface area contributed by atoms with E-state index < -0.39 is 5.97 Å². The molecular weight excluding hydrogens is 274 g/mol. The fourth-order valence-corrected chi connectivity index (χ4v) is 2.34. The van der Waals surface area contributed by atoms with E-state index >= 15 is 0 Å². The molecule has 0 unspecified atom stereocenters. The standard InChI is InChI=1S/C16H12ClNO2/c17-14-7-5-11(6-8-14)16(19)20-18-15-9-12-3-1-2-4-13(12)10-15/h1-8H,9-10H2. The third kappa shape index (κ3) is 2.73. The zero-order chi connectivity index (χ0) is 13.9. The molecule has 0 aromatic heterocycles. The Balaban J connectivity index is 1.67. The fraction of sp³-hybridized carbons (Fsp3) is 0.125. The average Bonchev–Trinajstić information content (AvgIpc) is 2.88. The van der Waals surface area contributed by atoms with E-state index in [9.17, 15) is 4.79 Å². The monoisotopic (exact) mass is 285 g/mol. The summed E-state index contributed by atoms with van der Waals surface area (Å²) in [6.45, 7) is 0. The average molecular weight is 286 g/mol. The third-order valence-electron chi connectivity index (χ3n) is 3.24. The molecule has 0 fully saturated rings. The number of rotatable bonds is 2. The summed E-state index contributed by atoms with van der Waals surface area (Å²) in [6, 6.07) is 14.7. The van der Waals surface area contributed by atoms with Gasteiger partial charge in [0, 0.05) is 17.9 Å². The molecule has 3 nitrogen and oxygen atoms in total. The molecule has 3 rings (SSSR count). The molecule has 1 aliphatic rings. The number of hydrogen-bond donors (Lipinski definition) is 0. The summed E-state index contributed by atoms with van der Waals surface area (Å²) < 4.78 is 0. The third-order valence-corrected chi connectivity index (χ3v) is 3.50. The molecule has 4 heteroatoms. The molecule has 100 valence electrons. The van der Waals surface area contributed by atoms with Crippen LogP contribution in [-0.4, -0.2) is 11.7 Å². The zero-order valence-corrected chi connectivity index (χ0v) is 11.4. The number of halogens is 1. The summed E-state index contributed by atoms with van der Waals surface area (Å²) >= 11 is 5.77. The number of carbonyl (C=O) groups is 1. The maximum Gasteiger partial charge on any atom is 0.365 e. The molecule has 2 aromatic carbocycles. The quantitative estimate of drug-likeness (QED) is 0.624. The largest absolute Gasteiger partial charge is 0.365 e. The van der Waals surface area contributed by atoms with E-state index in [0.717, 1.165) is 18.6 Å². The molecule has 0 radical (unpaired) electrons. The fourth-order valence-electron chi connectivity index (χ4n) is 2.21. The lowest BCUT2D eigenvalue weighted by Gasteiger charge is -1.99. The number of hydrogen-bond acceptors (Lipinski definition) is 3. The number of fused-ring (bicyclic) bond motifs is 1. The van der Waals surface area contributed by atoms with E-state index in [-0.39, 0.29) is 0 Å². The number of benzene rings is 2. The van der Waals surface area contributed by atoms with Gasteiger partial charge in [0.1, 0.15) is 0 Å². The van der Waals surface area contributed by atoms with E-state index in [1.165, 1.54) is 11.1 Å². The van der Waals surface area contributed by atoms with Crippen LogP contribution in [0.5, 0.6) is 0 Å². The van der Waals surface area contributed by atoms with Crippen molar-refractivity contribution in [3.63, 3.8) is 0 Å². The number of nitrogens with zero attached hydrogens (tertiary/aromatic N) is 1. The predicted octanol–water partition coefficient (Wildman–Crippen LogP) is 3.65. The maximum absolute atomic E-state index is 11.8. The molecular formula is C16H12ClNO2. The predicted molar refractivity (Wildman–Crippen MR) is 78.2 cm³/mol. The van der Waals surface area contributed by atoms with Crippen LogP contribution < -0.4 is 0 Å². The number of oxime groups is 1. The van der Waals surface area contributed by atoms with Crippen molar-refractivity contribution in [3.05, 3.63) is 70.2 Å². The van der Waals surface area contributed by atoms with Gasteiger partial charge in [0.15, 0.2) is 0 Å². The van der Waals surface area contributed by atoms with Crippen molar-refractivity contribution in [1.82, 2.24) is 0 Å². The highest BCUT2D eigenvalue weighted by Gasteiger charge is 2.17. The first kappa shape index (κ1) is 12.9. The Bertz CT molecular complexity index is 650. The van der Waals surface area contributed by atoms with E-state index in [1.54, 1.807) is 24.3 Å². The lowest BCUT2D eigenvalue weighted by Crippen LogP contribution is -2.04. The second-order valence-electron chi connectivity index (χ2n) is 4.67. The molecule has 0 amide bonds. The molecule has 0 heterocycles. The highest BCUT2D eigenvalue weighted by atomic mass is 35.5. The Labute approximate surface area is 121 Å². The van der Waals surface area contributed by atoms with Crippen molar-refractivity contribution < 1.29 is 9.63 Å². The van der Waals surface area contributed by atoms with Crippen LogP contribution in [0.3, 0.4) is 0 Å². The summed E-state index contributed by atoms with van der Waals surface area (Å²) in [5, 5.41) is 4.55. The van der Waals surface area contributed by atoms with Crippen molar-refractivity contribution in [2.75, 3.05) is 0 Å². The van der Waals surface area contributed by atoms with Gasteiger partial charge in [-0.3, -0.25) is 0 Å². The van der Waals surface area contributed by atoms with Crippen LogP contribution in [0.4, 0.5) is 0 Å². The molecule has 2 aromatic rings. The van der Waals surface area contributed by atoms with E-state index in [1.807, 2.05) is 12.1 Å². The van der Waals surface area contributed by atoms with Crippen molar-refractivity contribution in [3.8, 4) is 0 Å². The van der Waals surface area contributed by atoms with Crippen LogP contribution in [0.2, 0.25) is 5.02 Å². The Hall–Kier alpha value is -2.13. The van der Waals surface area contributed by atoms with E-state index in [0.29, 0.717) is 10.6 Å². The van der Waals surface area contributed by atoms with Gasteiger partial charge in [0.25, 0.3) is 0 Å². The highest BCUT2D eigenvalue weighted by molar-refractivity contribution is 6.30. The Morgan fingerprint density at radius 3 is 2.20 bits per heavy atom. The van der Waals surface area contributed by atoms with Crippen molar-refractivity contribution >= 4 is 23.3 Å². The smallest absolute Gasteiger partial charge is 0.313 e. The Morgan fingerprint density at radius 2 is 1.60 bits per heavy atom. The van der Waals surface area contributed by atoms with Gasteiger partial charge in [-0.1, -0.05) is 41.0 Å². The molecule has 0 atom stereocenters. The van der Waals surface area contributed by atoms with Gasteiger partial charge in [0.05, 0.1) is 11.3 Å². The van der Waals surface area contributed by atoms with Gasteiger partial charge in [-0.15, -0.1) is 0 Å². The van der Waals surface area contributed by atoms with Crippen LogP contribution in [0.1, 0.15) is 21.5 Å². The first-order valence-electron chi connectivity index (χ1n) is 6.32. The van der Waals surface area contributed by atoms with Gasteiger partial charge in [-0.2, -0.15) is 0 Å². The Kier molecular flexibility index (Phi) is 3.52. The molecule has 0 N–H and O–H groups in total. The SMILES string of the molecule is O=C(ON=C1Cc2ccccc2C1)c1ccc(Cl)cc1. The molecule has 0 saturated heterocycles.